The Morgan fingerprint density at radius 2 is 1.80 bits per heavy atom. The fourth-order valence-electron chi connectivity index (χ4n) is 4.11. The molecule has 0 bridgehead atoms. The van der Waals surface area contributed by atoms with Crippen LogP contribution in [0.5, 0.6) is 5.75 Å². The van der Waals surface area contributed by atoms with Gasteiger partial charge in [-0.1, -0.05) is 44.0 Å². The fraction of sp³-hybridized carbons (Fsp3) is 0.385. The summed E-state index contributed by atoms with van der Waals surface area (Å²) in [5.41, 5.74) is 4.47. The van der Waals surface area contributed by atoms with Gasteiger partial charge in [0.25, 0.3) is 0 Å². The summed E-state index contributed by atoms with van der Waals surface area (Å²) >= 11 is 5.99. The van der Waals surface area contributed by atoms with Crippen LogP contribution in [0.15, 0.2) is 52.9 Å². The van der Waals surface area contributed by atoms with Gasteiger partial charge in [0.2, 0.25) is 0 Å². The lowest BCUT2D eigenvalue weighted by atomic mass is 9.99. The molecule has 4 heteroatoms. The number of furan rings is 1. The first-order chi connectivity index (χ1) is 14.7. The zero-order chi connectivity index (χ0) is 20.8. The molecule has 0 spiro atoms. The van der Waals surface area contributed by atoms with Gasteiger partial charge in [-0.15, -0.1) is 0 Å². The molecule has 0 unspecified atom stereocenters. The van der Waals surface area contributed by atoms with Crippen LogP contribution in [-0.2, 0) is 0 Å². The zero-order valence-electron chi connectivity index (χ0n) is 17.7. The van der Waals surface area contributed by atoms with Crippen LogP contribution in [0.25, 0.3) is 22.6 Å². The molecule has 2 heterocycles. The average molecular weight is 424 g/mol. The van der Waals surface area contributed by atoms with E-state index in [0.717, 1.165) is 36.3 Å². The normalized spacial score (nSPS) is 16.0. The molecule has 1 saturated heterocycles. The maximum Gasteiger partial charge on any atom is 0.194 e. The van der Waals surface area contributed by atoms with Crippen LogP contribution >= 0.6 is 11.6 Å². The van der Waals surface area contributed by atoms with Gasteiger partial charge in [-0.3, -0.25) is 4.90 Å². The maximum absolute atomic E-state index is 5.99. The molecule has 0 atom stereocenters. The van der Waals surface area contributed by atoms with Crippen LogP contribution in [0, 0.1) is 0 Å². The van der Waals surface area contributed by atoms with Gasteiger partial charge in [-0.05, 0) is 84.9 Å². The first-order valence-corrected chi connectivity index (χ1v) is 11.4. The minimum Gasteiger partial charge on any atom is -0.492 e. The van der Waals surface area contributed by atoms with Gasteiger partial charge in [0.1, 0.15) is 17.9 Å². The molecule has 0 radical (unpaired) electrons. The topological polar surface area (TPSA) is 25.6 Å². The molecule has 0 aliphatic carbocycles. The zero-order valence-corrected chi connectivity index (χ0v) is 18.5. The first kappa shape index (κ1) is 21.0. The van der Waals surface area contributed by atoms with Crippen molar-refractivity contribution in [3.8, 4) is 5.75 Å². The lowest BCUT2D eigenvalue weighted by molar-refractivity contribution is 0.214. The Hall–Kier alpha value is -2.23. The molecule has 3 aromatic rings. The second-order valence-corrected chi connectivity index (χ2v) is 8.37. The smallest absolute Gasteiger partial charge is 0.194 e. The molecule has 30 heavy (non-hydrogen) atoms. The number of nitrogens with zero attached hydrogens (tertiary/aromatic N) is 1. The van der Waals surface area contributed by atoms with E-state index in [-0.39, 0.29) is 0 Å². The molecular formula is C26H30ClNO2. The largest absolute Gasteiger partial charge is 0.492 e. The number of benzene rings is 2. The summed E-state index contributed by atoms with van der Waals surface area (Å²) in [4.78, 5) is 2.53. The van der Waals surface area contributed by atoms with E-state index in [2.05, 4.69) is 54.3 Å². The SMILES string of the molecule is CCC(=Cc1ccc(OCCN2CCCCCC2)cc1)c1ccc2oc(Cl)cc2c1. The Morgan fingerprint density at radius 1 is 1.03 bits per heavy atom. The quantitative estimate of drug-likeness (QED) is 0.373. The molecule has 0 saturated carbocycles. The molecule has 4 rings (SSSR count). The highest BCUT2D eigenvalue weighted by atomic mass is 35.5. The Labute approximate surface area is 184 Å². The van der Waals surface area contributed by atoms with E-state index in [0.29, 0.717) is 5.22 Å². The number of hydrogen-bond acceptors (Lipinski definition) is 3. The van der Waals surface area contributed by atoms with Crippen LogP contribution in [0.2, 0.25) is 5.22 Å². The molecule has 158 valence electrons. The van der Waals surface area contributed by atoms with E-state index in [1.54, 1.807) is 0 Å². The second-order valence-electron chi connectivity index (χ2n) is 8.00. The van der Waals surface area contributed by atoms with E-state index in [1.807, 2.05) is 12.1 Å². The van der Waals surface area contributed by atoms with Crippen molar-refractivity contribution in [2.24, 2.45) is 0 Å². The number of ether oxygens (including phenoxy) is 1. The molecular weight excluding hydrogens is 394 g/mol. The van der Waals surface area contributed by atoms with E-state index in [9.17, 15) is 0 Å². The summed E-state index contributed by atoms with van der Waals surface area (Å²) in [6.45, 7) is 6.37. The molecule has 2 aromatic carbocycles. The summed E-state index contributed by atoms with van der Waals surface area (Å²) < 4.78 is 11.5. The minimum absolute atomic E-state index is 0.426. The number of hydrogen-bond donors (Lipinski definition) is 0. The summed E-state index contributed by atoms with van der Waals surface area (Å²) in [5, 5.41) is 1.46. The summed E-state index contributed by atoms with van der Waals surface area (Å²) in [6, 6.07) is 16.5. The lowest BCUT2D eigenvalue weighted by Crippen LogP contribution is -2.29. The van der Waals surface area contributed by atoms with Crippen molar-refractivity contribution >= 4 is 34.2 Å². The Bertz CT molecular complexity index is 982. The van der Waals surface area contributed by atoms with Crippen molar-refractivity contribution in [1.82, 2.24) is 4.90 Å². The number of halogens is 1. The monoisotopic (exact) mass is 423 g/mol. The van der Waals surface area contributed by atoms with Gasteiger partial charge in [0.15, 0.2) is 5.22 Å². The molecule has 0 N–H and O–H groups in total. The number of likely N-dealkylation sites (tertiary alicyclic amines) is 1. The van der Waals surface area contributed by atoms with Gasteiger partial charge in [0, 0.05) is 18.0 Å². The van der Waals surface area contributed by atoms with Gasteiger partial charge in [-0.25, -0.2) is 0 Å². The standard InChI is InChI=1S/C26H30ClNO2/c1-2-21(22-9-12-25-23(18-22)19-26(27)30-25)17-20-7-10-24(11-8-20)29-16-15-28-13-5-3-4-6-14-28/h7-12,17-19H,2-6,13-16H2,1H3. The van der Waals surface area contributed by atoms with E-state index in [4.69, 9.17) is 20.8 Å². The fourth-order valence-corrected chi connectivity index (χ4v) is 4.31. The number of rotatable bonds is 7. The van der Waals surface area contributed by atoms with Gasteiger partial charge >= 0.3 is 0 Å². The number of allylic oxidation sites excluding steroid dienone is 1. The van der Waals surface area contributed by atoms with Gasteiger partial charge in [0.05, 0.1) is 0 Å². The third kappa shape index (κ3) is 5.47. The van der Waals surface area contributed by atoms with E-state index >= 15 is 0 Å². The van der Waals surface area contributed by atoms with Crippen molar-refractivity contribution in [3.05, 3.63) is 64.9 Å². The minimum atomic E-state index is 0.426. The van der Waals surface area contributed by atoms with Gasteiger partial charge < -0.3 is 9.15 Å². The van der Waals surface area contributed by atoms with E-state index in [1.165, 1.54) is 55.5 Å². The molecule has 1 aliphatic rings. The average Bonchev–Trinajstić information content (AvgIpc) is 2.95. The van der Waals surface area contributed by atoms with Crippen molar-refractivity contribution in [2.45, 2.75) is 39.0 Å². The first-order valence-electron chi connectivity index (χ1n) is 11.1. The Morgan fingerprint density at radius 3 is 2.53 bits per heavy atom. The van der Waals surface area contributed by atoms with Crippen molar-refractivity contribution in [2.75, 3.05) is 26.2 Å². The lowest BCUT2D eigenvalue weighted by Gasteiger charge is -2.19. The predicted molar refractivity (Wildman–Crippen MR) is 126 cm³/mol. The van der Waals surface area contributed by atoms with Crippen LogP contribution in [-0.4, -0.2) is 31.1 Å². The third-order valence-electron chi connectivity index (χ3n) is 5.83. The van der Waals surface area contributed by atoms with Crippen LogP contribution < -0.4 is 4.74 Å². The van der Waals surface area contributed by atoms with Crippen molar-refractivity contribution in [1.29, 1.82) is 0 Å². The van der Waals surface area contributed by atoms with Gasteiger partial charge in [-0.2, -0.15) is 0 Å². The van der Waals surface area contributed by atoms with Crippen LogP contribution in [0.4, 0.5) is 0 Å². The molecule has 0 amide bonds. The highest BCUT2D eigenvalue weighted by molar-refractivity contribution is 6.29. The van der Waals surface area contributed by atoms with Crippen LogP contribution in [0.3, 0.4) is 0 Å². The summed E-state index contributed by atoms with van der Waals surface area (Å²) in [5.74, 6) is 0.939. The Kier molecular flexibility index (Phi) is 7.14. The molecule has 1 aliphatic heterocycles. The van der Waals surface area contributed by atoms with Crippen molar-refractivity contribution < 1.29 is 9.15 Å². The van der Waals surface area contributed by atoms with Crippen LogP contribution in [0.1, 0.15) is 50.2 Å². The summed E-state index contributed by atoms with van der Waals surface area (Å²) in [6.07, 6.45) is 8.57. The predicted octanol–water partition coefficient (Wildman–Crippen LogP) is 7.29. The second kappa shape index (κ2) is 10.2. The maximum atomic E-state index is 5.99. The number of fused-ring (bicyclic) bond motifs is 1. The summed E-state index contributed by atoms with van der Waals surface area (Å²) in [7, 11) is 0. The van der Waals surface area contributed by atoms with Crippen molar-refractivity contribution in [3.63, 3.8) is 0 Å². The molecule has 1 fully saturated rings. The highest BCUT2D eigenvalue weighted by Gasteiger charge is 2.09. The third-order valence-corrected chi connectivity index (χ3v) is 6.02. The molecule has 3 nitrogen and oxygen atoms in total. The highest BCUT2D eigenvalue weighted by Crippen LogP contribution is 2.29. The molecule has 1 aromatic heterocycles. The van der Waals surface area contributed by atoms with E-state index < -0.39 is 0 Å². The Balaban J connectivity index is 1.38.